The maximum Gasteiger partial charge on any atom is 0.170 e. The van der Waals surface area contributed by atoms with Crippen molar-refractivity contribution in [2.75, 3.05) is 18.0 Å². The van der Waals surface area contributed by atoms with Gasteiger partial charge < -0.3 is 15.8 Å². The van der Waals surface area contributed by atoms with Crippen LogP contribution in [0.3, 0.4) is 0 Å². The summed E-state index contributed by atoms with van der Waals surface area (Å²) >= 11 is 0. The molecule has 0 saturated carbocycles. The van der Waals surface area contributed by atoms with Crippen LogP contribution in [-0.2, 0) is 0 Å². The Morgan fingerprint density at radius 1 is 1.53 bits per heavy atom. The number of nitrogens with two attached hydrogens (primary N) is 1. The predicted molar refractivity (Wildman–Crippen MR) is 76.6 cm³/mol. The molecule has 0 radical (unpaired) electrons. The highest BCUT2D eigenvalue weighted by Gasteiger charge is 2.17. The highest BCUT2D eigenvalue weighted by atomic mass is 16.4. The van der Waals surface area contributed by atoms with Gasteiger partial charge in [0, 0.05) is 24.8 Å². The van der Waals surface area contributed by atoms with Crippen molar-refractivity contribution in [3.63, 3.8) is 0 Å². The van der Waals surface area contributed by atoms with Crippen molar-refractivity contribution in [3.8, 4) is 0 Å². The van der Waals surface area contributed by atoms with E-state index >= 15 is 0 Å². The number of aromatic nitrogens is 1. The molecule has 0 aliphatic carbocycles. The topological polar surface area (TPSA) is 74.7 Å². The number of hydrogen-bond acceptors (Lipinski definition) is 4. The van der Waals surface area contributed by atoms with E-state index in [4.69, 9.17) is 10.9 Å². The lowest BCUT2D eigenvalue weighted by Crippen LogP contribution is -2.26. The monoisotopic (exact) mass is 262 g/mol. The van der Waals surface area contributed by atoms with Crippen LogP contribution in [0.4, 0.5) is 5.82 Å². The molecule has 1 fully saturated rings. The summed E-state index contributed by atoms with van der Waals surface area (Å²) in [5.74, 6) is 1.88. The molecule has 19 heavy (non-hydrogen) atoms. The Bertz CT molecular complexity index is 447. The smallest absolute Gasteiger partial charge is 0.170 e. The van der Waals surface area contributed by atoms with Crippen LogP contribution in [0, 0.1) is 5.92 Å². The molecule has 2 heterocycles. The van der Waals surface area contributed by atoms with Crippen LogP contribution >= 0.6 is 0 Å². The van der Waals surface area contributed by atoms with Gasteiger partial charge in [0.25, 0.3) is 0 Å². The number of pyridine rings is 1. The van der Waals surface area contributed by atoms with Gasteiger partial charge in [-0.2, -0.15) is 0 Å². The molecule has 5 nitrogen and oxygen atoms in total. The highest BCUT2D eigenvalue weighted by Crippen LogP contribution is 2.23. The lowest BCUT2D eigenvalue weighted by atomic mass is 9.98. The number of oxime groups is 1. The maximum atomic E-state index is 8.73. The zero-order chi connectivity index (χ0) is 13.7. The Balaban J connectivity index is 2.13. The number of anilines is 1. The zero-order valence-corrected chi connectivity index (χ0v) is 11.4. The number of amidine groups is 1. The summed E-state index contributed by atoms with van der Waals surface area (Å²) in [6.45, 7) is 4.33. The van der Waals surface area contributed by atoms with Gasteiger partial charge >= 0.3 is 0 Å². The third-order valence-electron chi connectivity index (χ3n) is 3.90. The first-order valence-electron chi connectivity index (χ1n) is 6.93. The quantitative estimate of drug-likeness (QED) is 0.379. The van der Waals surface area contributed by atoms with Gasteiger partial charge in [0.1, 0.15) is 5.82 Å². The van der Waals surface area contributed by atoms with Gasteiger partial charge in [-0.3, -0.25) is 0 Å². The molecule has 0 bridgehead atoms. The van der Waals surface area contributed by atoms with Crippen LogP contribution in [0.25, 0.3) is 0 Å². The minimum atomic E-state index is 0.130. The Morgan fingerprint density at radius 2 is 2.37 bits per heavy atom. The standard InChI is InChI=1S/C14H22N4O/c1-2-11-4-3-8-18(9-6-11)13-10-12(5-7-16-13)14(15)17-19/h5,7,10-11,19H,2-4,6,8-9H2,1H3,(H2,15,17). The van der Waals surface area contributed by atoms with E-state index < -0.39 is 0 Å². The summed E-state index contributed by atoms with van der Waals surface area (Å²) in [4.78, 5) is 6.70. The normalized spacial score (nSPS) is 21.2. The molecule has 1 aliphatic rings. The summed E-state index contributed by atoms with van der Waals surface area (Å²) in [6, 6.07) is 3.65. The first-order chi connectivity index (χ1) is 9.24. The van der Waals surface area contributed by atoms with Crippen LogP contribution in [0.15, 0.2) is 23.5 Å². The Kier molecular flexibility index (Phi) is 4.60. The summed E-state index contributed by atoms with van der Waals surface area (Å²) in [6.07, 6.45) is 6.68. The summed E-state index contributed by atoms with van der Waals surface area (Å²) in [5, 5.41) is 11.8. The lowest BCUT2D eigenvalue weighted by Gasteiger charge is -2.22. The molecule has 1 aliphatic heterocycles. The molecule has 0 amide bonds. The Labute approximate surface area is 114 Å². The van der Waals surface area contributed by atoms with E-state index in [2.05, 4.69) is 22.0 Å². The third-order valence-corrected chi connectivity index (χ3v) is 3.90. The zero-order valence-electron chi connectivity index (χ0n) is 11.4. The number of hydrogen-bond donors (Lipinski definition) is 2. The minimum Gasteiger partial charge on any atom is -0.409 e. The van der Waals surface area contributed by atoms with Gasteiger partial charge in [0.05, 0.1) is 0 Å². The fraction of sp³-hybridized carbons (Fsp3) is 0.571. The van der Waals surface area contributed by atoms with E-state index in [1.54, 1.807) is 12.3 Å². The van der Waals surface area contributed by atoms with Crippen molar-refractivity contribution in [1.82, 2.24) is 4.98 Å². The van der Waals surface area contributed by atoms with Crippen LogP contribution in [0.2, 0.25) is 0 Å². The molecular weight excluding hydrogens is 240 g/mol. The molecule has 1 unspecified atom stereocenters. The fourth-order valence-corrected chi connectivity index (χ4v) is 2.61. The van der Waals surface area contributed by atoms with Gasteiger partial charge in [0.15, 0.2) is 5.84 Å². The molecule has 1 aromatic rings. The van der Waals surface area contributed by atoms with Gasteiger partial charge in [-0.1, -0.05) is 18.5 Å². The van der Waals surface area contributed by atoms with E-state index in [0.29, 0.717) is 5.56 Å². The molecule has 5 heteroatoms. The molecule has 3 N–H and O–H groups in total. The average Bonchev–Trinajstić information content (AvgIpc) is 2.72. The first kappa shape index (κ1) is 13.6. The lowest BCUT2D eigenvalue weighted by molar-refractivity contribution is 0.318. The van der Waals surface area contributed by atoms with E-state index in [1.165, 1.54) is 25.7 Å². The Morgan fingerprint density at radius 3 is 3.11 bits per heavy atom. The molecule has 2 rings (SSSR count). The van der Waals surface area contributed by atoms with Crippen molar-refractivity contribution in [2.24, 2.45) is 16.8 Å². The van der Waals surface area contributed by atoms with Crippen molar-refractivity contribution in [2.45, 2.75) is 32.6 Å². The van der Waals surface area contributed by atoms with Gasteiger partial charge in [-0.25, -0.2) is 4.98 Å². The number of nitrogens with zero attached hydrogens (tertiary/aromatic N) is 3. The molecule has 1 saturated heterocycles. The van der Waals surface area contributed by atoms with Crippen LogP contribution < -0.4 is 10.6 Å². The SMILES string of the molecule is CCC1CCCN(c2cc(C(N)=NO)ccn2)CC1. The van der Waals surface area contributed by atoms with Gasteiger partial charge in [-0.15, -0.1) is 0 Å². The van der Waals surface area contributed by atoms with Gasteiger partial charge in [-0.05, 0) is 37.3 Å². The largest absolute Gasteiger partial charge is 0.409 e. The van der Waals surface area contributed by atoms with Crippen molar-refractivity contribution < 1.29 is 5.21 Å². The summed E-state index contributed by atoms with van der Waals surface area (Å²) < 4.78 is 0. The average molecular weight is 262 g/mol. The Hall–Kier alpha value is -1.78. The summed E-state index contributed by atoms with van der Waals surface area (Å²) in [5.41, 5.74) is 6.33. The highest BCUT2D eigenvalue weighted by molar-refractivity contribution is 5.97. The maximum absolute atomic E-state index is 8.73. The van der Waals surface area contributed by atoms with E-state index in [-0.39, 0.29) is 5.84 Å². The van der Waals surface area contributed by atoms with Crippen LogP contribution in [0.5, 0.6) is 0 Å². The van der Waals surface area contributed by atoms with E-state index in [9.17, 15) is 0 Å². The summed E-state index contributed by atoms with van der Waals surface area (Å²) in [7, 11) is 0. The molecule has 1 atom stereocenters. The second-order valence-electron chi connectivity index (χ2n) is 5.08. The predicted octanol–water partition coefficient (Wildman–Crippen LogP) is 2.19. The fourth-order valence-electron chi connectivity index (χ4n) is 2.61. The second-order valence-corrected chi connectivity index (χ2v) is 5.08. The second kappa shape index (κ2) is 6.41. The molecule has 104 valence electrons. The van der Waals surface area contributed by atoms with Gasteiger partial charge in [0.2, 0.25) is 0 Å². The van der Waals surface area contributed by atoms with Crippen molar-refractivity contribution in [3.05, 3.63) is 23.9 Å². The molecular formula is C14H22N4O. The van der Waals surface area contributed by atoms with Crippen LogP contribution in [0.1, 0.15) is 38.2 Å². The van der Waals surface area contributed by atoms with E-state index in [0.717, 1.165) is 24.8 Å². The minimum absolute atomic E-state index is 0.130. The molecule has 0 aromatic carbocycles. The van der Waals surface area contributed by atoms with E-state index in [1.807, 2.05) is 6.07 Å². The third kappa shape index (κ3) is 3.36. The van der Waals surface area contributed by atoms with Crippen molar-refractivity contribution in [1.29, 1.82) is 0 Å². The molecule has 0 spiro atoms. The first-order valence-corrected chi connectivity index (χ1v) is 6.93. The molecule has 1 aromatic heterocycles. The number of rotatable bonds is 3. The van der Waals surface area contributed by atoms with Crippen LogP contribution in [-0.4, -0.2) is 29.1 Å². The van der Waals surface area contributed by atoms with Crippen molar-refractivity contribution >= 4 is 11.7 Å².